The van der Waals surface area contributed by atoms with Gasteiger partial charge in [0.05, 0.1) is 12.8 Å². The Morgan fingerprint density at radius 2 is 1.71 bits per heavy atom. The molecule has 0 radical (unpaired) electrons. The Balaban J connectivity index is 1.80. The minimum Gasteiger partial charge on any atom is -0.376 e. The second-order valence-electron chi connectivity index (χ2n) is 6.53. The van der Waals surface area contributed by atoms with Crippen LogP contribution in [0, 0.1) is 5.82 Å². The van der Waals surface area contributed by atoms with Crippen LogP contribution in [-0.2, 0) is 10.2 Å². The van der Waals surface area contributed by atoms with Gasteiger partial charge in [-0.3, -0.25) is 4.79 Å². The van der Waals surface area contributed by atoms with Crippen molar-refractivity contribution in [2.45, 2.75) is 26.2 Å². The van der Waals surface area contributed by atoms with Crippen LogP contribution in [0.3, 0.4) is 0 Å². The van der Waals surface area contributed by atoms with E-state index in [1.807, 2.05) is 12.1 Å². The van der Waals surface area contributed by atoms with Crippen LogP contribution in [0.5, 0.6) is 0 Å². The van der Waals surface area contributed by atoms with E-state index in [2.05, 4.69) is 48.7 Å². The van der Waals surface area contributed by atoms with E-state index in [1.54, 1.807) is 18.3 Å². The van der Waals surface area contributed by atoms with Crippen molar-refractivity contribution in [3.63, 3.8) is 0 Å². The maximum absolute atomic E-state index is 12.8. The summed E-state index contributed by atoms with van der Waals surface area (Å²) in [4.78, 5) is 11.7. The van der Waals surface area contributed by atoms with Crippen LogP contribution in [0.25, 0.3) is 0 Å². The molecule has 0 spiro atoms. The first-order chi connectivity index (χ1) is 11.3. The Labute approximate surface area is 141 Å². The molecule has 2 aromatic rings. The SMILES string of the molecule is CC(C)(C)c1ccc(/C=N/NC(=O)CNc2ccc(F)cc2)cc1. The number of carbonyl (C=O) groups is 1. The number of benzene rings is 2. The van der Waals surface area contributed by atoms with Gasteiger partial charge in [0, 0.05) is 5.69 Å². The highest BCUT2D eigenvalue weighted by Crippen LogP contribution is 2.21. The van der Waals surface area contributed by atoms with Gasteiger partial charge in [0.2, 0.25) is 0 Å². The molecule has 0 aliphatic rings. The molecule has 0 fully saturated rings. The molecule has 0 aliphatic carbocycles. The van der Waals surface area contributed by atoms with Crippen LogP contribution < -0.4 is 10.7 Å². The first-order valence-electron chi connectivity index (χ1n) is 7.76. The Kier molecular flexibility index (Phi) is 5.68. The topological polar surface area (TPSA) is 53.5 Å². The number of halogens is 1. The smallest absolute Gasteiger partial charge is 0.259 e. The van der Waals surface area contributed by atoms with Crippen molar-refractivity contribution in [3.05, 3.63) is 65.5 Å². The highest BCUT2D eigenvalue weighted by atomic mass is 19.1. The van der Waals surface area contributed by atoms with Gasteiger partial charge >= 0.3 is 0 Å². The summed E-state index contributed by atoms with van der Waals surface area (Å²) in [5.41, 5.74) is 5.39. The van der Waals surface area contributed by atoms with Gasteiger partial charge in [0.15, 0.2) is 0 Å². The van der Waals surface area contributed by atoms with Gasteiger partial charge in [0.1, 0.15) is 5.82 Å². The fraction of sp³-hybridized carbons (Fsp3) is 0.263. The van der Waals surface area contributed by atoms with Crippen LogP contribution >= 0.6 is 0 Å². The second kappa shape index (κ2) is 7.73. The van der Waals surface area contributed by atoms with E-state index >= 15 is 0 Å². The number of amides is 1. The number of nitrogens with zero attached hydrogens (tertiary/aromatic N) is 1. The molecule has 0 heterocycles. The zero-order valence-corrected chi connectivity index (χ0v) is 14.1. The molecule has 0 saturated heterocycles. The molecular formula is C19H22FN3O. The monoisotopic (exact) mass is 327 g/mol. The predicted octanol–water partition coefficient (Wildman–Crippen LogP) is 3.69. The third kappa shape index (κ3) is 5.50. The number of hydrogen-bond acceptors (Lipinski definition) is 3. The van der Waals surface area contributed by atoms with E-state index in [0.717, 1.165) is 5.56 Å². The molecule has 24 heavy (non-hydrogen) atoms. The summed E-state index contributed by atoms with van der Waals surface area (Å²) in [6.07, 6.45) is 1.60. The van der Waals surface area contributed by atoms with Gasteiger partial charge < -0.3 is 5.32 Å². The fourth-order valence-corrected chi connectivity index (χ4v) is 2.04. The number of carbonyl (C=O) groups excluding carboxylic acids is 1. The van der Waals surface area contributed by atoms with Crippen LogP contribution in [-0.4, -0.2) is 18.7 Å². The average molecular weight is 327 g/mol. The quantitative estimate of drug-likeness (QED) is 0.650. The molecule has 2 rings (SSSR count). The van der Waals surface area contributed by atoms with Crippen LogP contribution in [0.15, 0.2) is 53.6 Å². The number of hydrogen-bond donors (Lipinski definition) is 2. The van der Waals surface area contributed by atoms with Crippen molar-refractivity contribution in [2.75, 3.05) is 11.9 Å². The highest BCUT2D eigenvalue weighted by Gasteiger charge is 2.12. The summed E-state index contributed by atoms with van der Waals surface area (Å²) < 4.78 is 12.8. The highest BCUT2D eigenvalue weighted by molar-refractivity contribution is 5.84. The third-order valence-corrected chi connectivity index (χ3v) is 3.48. The molecule has 1 amide bonds. The average Bonchev–Trinajstić information content (AvgIpc) is 2.54. The van der Waals surface area contributed by atoms with Crippen molar-refractivity contribution in [1.82, 2.24) is 5.43 Å². The van der Waals surface area contributed by atoms with E-state index in [4.69, 9.17) is 0 Å². The number of rotatable bonds is 5. The van der Waals surface area contributed by atoms with Crippen LogP contribution in [0.1, 0.15) is 31.9 Å². The molecule has 0 atom stereocenters. The normalized spacial score (nSPS) is 11.5. The van der Waals surface area contributed by atoms with Gasteiger partial charge in [-0.1, -0.05) is 45.0 Å². The Morgan fingerprint density at radius 1 is 1.08 bits per heavy atom. The molecule has 4 nitrogen and oxygen atoms in total. The number of hydrazone groups is 1. The Hall–Kier alpha value is -2.69. The van der Waals surface area contributed by atoms with Crippen molar-refractivity contribution in [3.8, 4) is 0 Å². The zero-order chi connectivity index (χ0) is 17.6. The minimum absolute atomic E-state index is 0.0614. The molecule has 5 heteroatoms. The maximum Gasteiger partial charge on any atom is 0.259 e. The van der Waals surface area contributed by atoms with Gasteiger partial charge in [-0.2, -0.15) is 5.10 Å². The summed E-state index contributed by atoms with van der Waals surface area (Å²) in [7, 11) is 0. The molecule has 2 aromatic carbocycles. The summed E-state index contributed by atoms with van der Waals surface area (Å²) in [6, 6.07) is 13.9. The minimum atomic E-state index is -0.313. The number of nitrogens with one attached hydrogen (secondary N) is 2. The lowest BCUT2D eigenvalue weighted by Crippen LogP contribution is -2.25. The number of anilines is 1. The molecular weight excluding hydrogens is 305 g/mol. The lowest BCUT2D eigenvalue weighted by Gasteiger charge is -2.18. The largest absolute Gasteiger partial charge is 0.376 e. The van der Waals surface area contributed by atoms with Crippen molar-refractivity contribution in [2.24, 2.45) is 5.10 Å². The Morgan fingerprint density at radius 3 is 2.29 bits per heavy atom. The van der Waals surface area contributed by atoms with Gasteiger partial charge in [0.25, 0.3) is 5.91 Å². The fourth-order valence-electron chi connectivity index (χ4n) is 2.04. The molecule has 0 bridgehead atoms. The lowest BCUT2D eigenvalue weighted by molar-refractivity contribution is -0.119. The van der Waals surface area contributed by atoms with Crippen molar-refractivity contribution >= 4 is 17.8 Å². The van der Waals surface area contributed by atoms with E-state index in [0.29, 0.717) is 5.69 Å². The summed E-state index contributed by atoms with van der Waals surface area (Å²) >= 11 is 0. The molecule has 2 N–H and O–H groups in total. The summed E-state index contributed by atoms with van der Waals surface area (Å²) in [5.74, 6) is -0.589. The first kappa shape index (κ1) is 17.7. The third-order valence-electron chi connectivity index (χ3n) is 3.48. The summed E-state index contributed by atoms with van der Waals surface area (Å²) in [6.45, 7) is 6.53. The molecule has 0 aliphatic heterocycles. The van der Waals surface area contributed by atoms with Gasteiger partial charge in [-0.15, -0.1) is 0 Å². The zero-order valence-electron chi connectivity index (χ0n) is 14.1. The van der Waals surface area contributed by atoms with E-state index in [1.165, 1.54) is 17.7 Å². The maximum atomic E-state index is 12.8. The van der Waals surface area contributed by atoms with Gasteiger partial charge in [-0.05, 0) is 40.8 Å². The lowest BCUT2D eigenvalue weighted by atomic mass is 9.87. The van der Waals surface area contributed by atoms with Crippen molar-refractivity contribution in [1.29, 1.82) is 0 Å². The second-order valence-corrected chi connectivity index (χ2v) is 6.53. The molecule has 0 aromatic heterocycles. The van der Waals surface area contributed by atoms with Crippen molar-refractivity contribution < 1.29 is 9.18 Å². The molecule has 0 saturated carbocycles. The molecule has 0 unspecified atom stereocenters. The summed E-state index contributed by atoms with van der Waals surface area (Å²) in [5, 5.41) is 6.83. The molecule has 126 valence electrons. The van der Waals surface area contributed by atoms with Crippen LogP contribution in [0.4, 0.5) is 10.1 Å². The standard InChI is InChI=1S/C19H22FN3O/c1-19(2,3)15-6-4-14(5-7-15)12-22-23-18(24)13-21-17-10-8-16(20)9-11-17/h4-12,21H,13H2,1-3H3,(H,23,24)/b22-12+. The van der Waals surface area contributed by atoms with Crippen LogP contribution in [0.2, 0.25) is 0 Å². The van der Waals surface area contributed by atoms with E-state index < -0.39 is 0 Å². The van der Waals surface area contributed by atoms with E-state index in [9.17, 15) is 9.18 Å². The Bertz CT molecular complexity index is 701. The van der Waals surface area contributed by atoms with Gasteiger partial charge in [-0.25, -0.2) is 9.82 Å². The van der Waals surface area contributed by atoms with E-state index in [-0.39, 0.29) is 23.7 Å². The first-order valence-corrected chi connectivity index (χ1v) is 7.76. The predicted molar refractivity (Wildman–Crippen MR) is 95.8 cm³/mol.